The van der Waals surface area contributed by atoms with Gasteiger partial charge in [0.1, 0.15) is 5.82 Å². The summed E-state index contributed by atoms with van der Waals surface area (Å²) in [5, 5.41) is 0. The summed E-state index contributed by atoms with van der Waals surface area (Å²) >= 11 is 0. The van der Waals surface area contributed by atoms with Gasteiger partial charge in [0.2, 0.25) is 0 Å². The Balaban J connectivity index is 2.90. The number of ether oxygens (including phenoxy) is 1. The first-order valence-electron chi connectivity index (χ1n) is 5.34. The van der Waals surface area contributed by atoms with Crippen LogP contribution in [0.2, 0.25) is 0 Å². The smallest absolute Gasteiger partial charge is 0.422 e. The zero-order chi connectivity index (χ0) is 14.5. The summed E-state index contributed by atoms with van der Waals surface area (Å²) in [6.45, 7) is 1.36. The van der Waals surface area contributed by atoms with Crippen LogP contribution in [0.4, 0.5) is 14.9 Å². The molecule has 1 amide bonds. The second kappa shape index (κ2) is 6.34. The van der Waals surface area contributed by atoms with Crippen LogP contribution in [0.25, 0.3) is 0 Å². The van der Waals surface area contributed by atoms with Gasteiger partial charge in [-0.2, -0.15) is 8.42 Å². The van der Waals surface area contributed by atoms with Crippen molar-refractivity contribution in [1.29, 1.82) is 0 Å². The molecular formula is C10H14FN3O4S. The number of rotatable bonds is 5. The van der Waals surface area contributed by atoms with Crippen LogP contribution in [0.3, 0.4) is 0 Å². The van der Waals surface area contributed by atoms with Crippen LogP contribution < -0.4 is 15.2 Å². The first-order valence-corrected chi connectivity index (χ1v) is 6.82. The second-order valence-electron chi connectivity index (χ2n) is 3.40. The lowest BCUT2D eigenvalue weighted by Gasteiger charge is -2.12. The van der Waals surface area contributed by atoms with Crippen molar-refractivity contribution in [2.75, 3.05) is 11.3 Å². The van der Waals surface area contributed by atoms with Crippen LogP contribution in [0, 0.1) is 5.82 Å². The van der Waals surface area contributed by atoms with E-state index in [1.165, 1.54) is 19.1 Å². The van der Waals surface area contributed by atoms with Crippen molar-refractivity contribution >= 4 is 22.0 Å². The van der Waals surface area contributed by atoms with Gasteiger partial charge in [-0.15, -0.1) is 0 Å². The maximum atomic E-state index is 13.4. The fourth-order valence-electron chi connectivity index (χ4n) is 1.30. The van der Waals surface area contributed by atoms with Crippen molar-refractivity contribution in [1.82, 2.24) is 4.72 Å². The molecule has 0 saturated heterocycles. The minimum atomic E-state index is -4.20. The third kappa shape index (κ3) is 4.38. The van der Waals surface area contributed by atoms with Crippen molar-refractivity contribution in [3.05, 3.63) is 29.6 Å². The maximum absolute atomic E-state index is 13.4. The first kappa shape index (κ1) is 15.2. The molecule has 7 nitrogen and oxygen atoms in total. The molecule has 0 fully saturated rings. The predicted molar refractivity (Wildman–Crippen MR) is 67.0 cm³/mol. The highest BCUT2D eigenvalue weighted by molar-refractivity contribution is 7.91. The van der Waals surface area contributed by atoms with Gasteiger partial charge in [-0.1, -0.05) is 6.07 Å². The number of anilines is 1. The number of halogens is 1. The first-order chi connectivity index (χ1) is 8.89. The Morgan fingerprint density at radius 3 is 2.74 bits per heavy atom. The number of carbonyl (C=O) groups excluding carboxylic acids is 1. The van der Waals surface area contributed by atoms with Crippen LogP contribution in [-0.4, -0.2) is 21.1 Å². The molecule has 1 rings (SSSR count). The van der Waals surface area contributed by atoms with E-state index in [0.29, 0.717) is 0 Å². The molecule has 0 heterocycles. The van der Waals surface area contributed by atoms with Crippen molar-refractivity contribution in [2.24, 2.45) is 5.73 Å². The Kier molecular flexibility index (Phi) is 5.07. The van der Waals surface area contributed by atoms with Gasteiger partial charge in [0.05, 0.1) is 12.3 Å². The number of nitrogens with two attached hydrogens (primary N) is 1. The van der Waals surface area contributed by atoms with Gasteiger partial charge in [0.15, 0.2) is 0 Å². The number of benzene rings is 1. The number of nitrogens with one attached hydrogen (secondary N) is 2. The van der Waals surface area contributed by atoms with Crippen LogP contribution in [-0.2, 0) is 21.5 Å². The van der Waals surface area contributed by atoms with Crippen LogP contribution >= 0.6 is 0 Å². The molecule has 0 aromatic heterocycles. The van der Waals surface area contributed by atoms with E-state index in [2.05, 4.69) is 4.74 Å². The molecule has 0 saturated carbocycles. The van der Waals surface area contributed by atoms with Gasteiger partial charge in [0, 0.05) is 12.1 Å². The van der Waals surface area contributed by atoms with Crippen LogP contribution in [0.15, 0.2) is 18.2 Å². The highest BCUT2D eigenvalue weighted by Gasteiger charge is 2.17. The number of hydrogen-bond acceptors (Lipinski definition) is 5. The molecule has 9 heteroatoms. The normalized spacial score (nSPS) is 10.9. The molecule has 0 atom stereocenters. The van der Waals surface area contributed by atoms with Crippen molar-refractivity contribution in [2.45, 2.75) is 13.5 Å². The summed E-state index contributed by atoms with van der Waals surface area (Å²) in [4.78, 5) is 11.0. The van der Waals surface area contributed by atoms with Gasteiger partial charge in [-0.3, -0.25) is 4.72 Å². The number of carbonyl (C=O) groups is 1. The van der Waals surface area contributed by atoms with E-state index in [1.807, 2.05) is 4.72 Å². The lowest BCUT2D eigenvalue weighted by atomic mass is 10.2. The molecule has 19 heavy (non-hydrogen) atoms. The van der Waals surface area contributed by atoms with Gasteiger partial charge >= 0.3 is 16.3 Å². The van der Waals surface area contributed by atoms with Gasteiger partial charge < -0.3 is 10.5 Å². The molecular weight excluding hydrogens is 277 g/mol. The third-order valence-electron chi connectivity index (χ3n) is 2.06. The lowest BCUT2D eigenvalue weighted by molar-refractivity contribution is 0.159. The zero-order valence-electron chi connectivity index (χ0n) is 10.1. The summed E-state index contributed by atoms with van der Waals surface area (Å²) in [5.41, 5.74) is 5.29. The molecule has 106 valence electrons. The van der Waals surface area contributed by atoms with Crippen molar-refractivity contribution in [3.63, 3.8) is 0 Å². The summed E-state index contributed by atoms with van der Waals surface area (Å²) in [5.74, 6) is -0.640. The average molecular weight is 291 g/mol. The lowest BCUT2D eigenvalue weighted by Crippen LogP contribution is -2.36. The van der Waals surface area contributed by atoms with Crippen molar-refractivity contribution < 1.29 is 22.3 Å². The molecule has 1 aromatic rings. The molecule has 0 radical (unpaired) electrons. The molecule has 0 bridgehead atoms. The number of amides is 1. The molecule has 4 N–H and O–H groups in total. The average Bonchev–Trinajstić information content (AvgIpc) is 2.28. The van der Waals surface area contributed by atoms with E-state index in [0.717, 1.165) is 6.07 Å². The standard InChI is InChI=1S/C10H14FN3O4S/c1-2-18-10(15)14-19(16,17)13-9-5-3-4-8(11)7(9)6-12/h3-5,13H,2,6,12H2,1H3,(H,14,15). The SMILES string of the molecule is CCOC(=O)NS(=O)(=O)Nc1cccc(F)c1CN. The fraction of sp³-hybridized carbons (Fsp3) is 0.300. The molecule has 0 aliphatic heterocycles. The highest BCUT2D eigenvalue weighted by atomic mass is 32.2. The Bertz CT molecular complexity index is 562. The zero-order valence-corrected chi connectivity index (χ0v) is 11.0. The Morgan fingerprint density at radius 1 is 1.47 bits per heavy atom. The maximum Gasteiger partial charge on any atom is 0.422 e. The van der Waals surface area contributed by atoms with E-state index in [1.54, 1.807) is 4.72 Å². The third-order valence-corrected chi connectivity index (χ3v) is 2.98. The number of hydrogen-bond donors (Lipinski definition) is 3. The van der Waals surface area contributed by atoms with Gasteiger partial charge in [-0.25, -0.2) is 13.9 Å². The quantitative estimate of drug-likeness (QED) is 0.739. The van der Waals surface area contributed by atoms with E-state index in [-0.39, 0.29) is 24.4 Å². The van der Waals surface area contributed by atoms with Crippen LogP contribution in [0.1, 0.15) is 12.5 Å². The Labute approximate surface area is 110 Å². The van der Waals surface area contributed by atoms with E-state index < -0.39 is 22.1 Å². The summed E-state index contributed by atoms with van der Waals surface area (Å²) in [7, 11) is -4.20. The van der Waals surface area contributed by atoms with Gasteiger partial charge in [0.25, 0.3) is 0 Å². The minimum absolute atomic E-state index is 0.00302. The van der Waals surface area contributed by atoms with E-state index in [9.17, 15) is 17.6 Å². The molecule has 0 spiro atoms. The molecule has 0 aliphatic carbocycles. The second-order valence-corrected chi connectivity index (χ2v) is 4.81. The summed E-state index contributed by atoms with van der Waals surface area (Å²) in [6.07, 6.45) is -1.12. The van der Waals surface area contributed by atoms with Gasteiger partial charge in [-0.05, 0) is 19.1 Å². The molecule has 0 unspecified atom stereocenters. The van der Waals surface area contributed by atoms with E-state index >= 15 is 0 Å². The fourth-order valence-corrected chi connectivity index (χ4v) is 2.11. The summed E-state index contributed by atoms with van der Waals surface area (Å²) in [6, 6.07) is 3.80. The van der Waals surface area contributed by atoms with E-state index in [4.69, 9.17) is 5.73 Å². The van der Waals surface area contributed by atoms with Crippen LogP contribution in [0.5, 0.6) is 0 Å². The molecule has 0 aliphatic rings. The Hall–Kier alpha value is -1.87. The topological polar surface area (TPSA) is 111 Å². The Morgan fingerprint density at radius 2 is 2.16 bits per heavy atom. The predicted octanol–water partition coefficient (Wildman–Crippen LogP) is 0.687. The largest absolute Gasteiger partial charge is 0.449 e. The highest BCUT2D eigenvalue weighted by Crippen LogP contribution is 2.19. The summed E-state index contributed by atoms with van der Waals surface area (Å²) < 4.78 is 44.6. The minimum Gasteiger partial charge on any atom is -0.449 e. The molecule has 1 aromatic carbocycles. The van der Waals surface area contributed by atoms with Crippen molar-refractivity contribution in [3.8, 4) is 0 Å². The monoisotopic (exact) mass is 291 g/mol.